The van der Waals surface area contributed by atoms with Crippen molar-refractivity contribution < 1.29 is 9.53 Å². The molecule has 1 aliphatic rings. The summed E-state index contributed by atoms with van der Waals surface area (Å²) in [6, 6.07) is 6.38. The van der Waals surface area contributed by atoms with Crippen molar-refractivity contribution in [3.05, 3.63) is 41.0 Å². The molecule has 4 rings (SSSR count). The lowest BCUT2D eigenvalue weighted by molar-refractivity contribution is -0.129. The number of ether oxygens (including phenoxy) is 1. The number of aryl methyl sites for hydroxylation is 2. The van der Waals surface area contributed by atoms with Crippen LogP contribution in [-0.2, 0) is 9.53 Å². The predicted octanol–water partition coefficient (Wildman–Crippen LogP) is 3.60. The number of rotatable bonds is 4. The van der Waals surface area contributed by atoms with E-state index in [1.54, 1.807) is 11.3 Å². The van der Waals surface area contributed by atoms with Crippen LogP contribution in [0.15, 0.2) is 29.9 Å². The third-order valence-electron chi connectivity index (χ3n) is 4.71. The molecule has 26 heavy (non-hydrogen) atoms. The Labute approximate surface area is 155 Å². The number of nitrogens with one attached hydrogen (secondary N) is 2. The summed E-state index contributed by atoms with van der Waals surface area (Å²) in [7, 11) is 0. The van der Waals surface area contributed by atoms with Gasteiger partial charge in [-0.05, 0) is 43.4 Å². The number of thiophene rings is 1. The fourth-order valence-corrected chi connectivity index (χ4v) is 3.99. The zero-order valence-electron chi connectivity index (χ0n) is 14.7. The molecule has 3 aromatic rings. The van der Waals surface area contributed by atoms with Gasteiger partial charge in [-0.15, -0.1) is 11.3 Å². The second-order valence-corrected chi connectivity index (χ2v) is 7.32. The highest BCUT2D eigenvalue weighted by atomic mass is 32.1. The monoisotopic (exact) mass is 368 g/mol. The van der Waals surface area contributed by atoms with Crippen LogP contribution in [0.1, 0.15) is 24.0 Å². The van der Waals surface area contributed by atoms with Crippen molar-refractivity contribution in [2.45, 2.75) is 32.8 Å². The second-order valence-electron chi connectivity index (χ2n) is 6.47. The van der Waals surface area contributed by atoms with E-state index in [2.05, 4.69) is 58.2 Å². The molecule has 7 heteroatoms. The summed E-state index contributed by atoms with van der Waals surface area (Å²) in [6.45, 7) is 4.84. The van der Waals surface area contributed by atoms with Gasteiger partial charge in [0.1, 0.15) is 17.3 Å². The summed E-state index contributed by atoms with van der Waals surface area (Å²) in [4.78, 5) is 21.8. The van der Waals surface area contributed by atoms with E-state index >= 15 is 0 Å². The molecule has 1 saturated heterocycles. The Hall–Kier alpha value is -2.51. The van der Waals surface area contributed by atoms with Crippen molar-refractivity contribution >= 4 is 33.3 Å². The lowest BCUT2D eigenvalue weighted by atomic mass is 10.0. The van der Waals surface area contributed by atoms with Crippen LogP contribution >= 0.6 is 11.3 Å². The van der Waals surface area contributed by atoms with Gasteiger partial charge in [0.25, 0.3) is 5.91 Å². The van der Waals surface area contributed by atoms with Gasteiger partial charge in [-0.25, -0.2) is 9.97 Å². The van der Waals surface area contributed by atoms with Gasteiger partial charge in [-0.1, -0.05) is 18.2 Å². The number of hydrogen-bond donors (Lipinski definition) is 2. The number of hydrogen-bond acceptors (Lipinski definition) is 6. The lowest BCUT2D eigenvalue weighted by Gasteiger charge is -2.13. The molecule has 1 aromatic carbocycles. The second kappa shape index (κ2) is 7.01. The topological polar surface area (TPSA) is 76.1 Å². The smallest absolute Gasteiger partial charge is 0.267 e. The maximum atomic E-state index is 12.2. The van der Waals surface area contributed by atoms with Crippen LogP contribution in [0.5, 0.6) is 0 Å². The van der Waals surface area contributed by atoms with Crippen molar-refractivity contribution in [3.63, 3.8) is 0 Å². The molecule has 134 valence electrons. The summed E-state index contributed by atoms with van der Waals surface area (Å²) >= 11 is 1.56. The maximum Gasteiger partial charge on any atom is 0.267 e. The molecule has 0 bridgehead atoms. The van der Waals surface area contributed by atoms with E-state index in [1.807, 2.05) is 0 Å². The molecule has 1 unspecified atom stereocenters. The van der Waals surface area contributed by atoms with Crippen LogP contribution in [-0.4, -0.2) is 28.6 Å². The molecule has 1 fully saturated rings. The molecule has 2 N–H and O–H groups in total. The average Bonchev–Trinajstić information content (AvgIpc) is 3.32. The average molecular weight is 368 g/mol. The number of nitrogens with zero attached hydrogens (tertiary/aromatic N) is 2. The van der Waals surface area contributed by atoms with Gasteiger partial charge >= 0.3 is 0 Å². The molecule has 0 spiro atoms. The summed E-state index contributed by atoms with van der Waals surface area (Å²) in [5.41, 5.74) is 10.3. The molecule has 0 aliphatic carbocycles. The predicted molar refractivity (Wildman–Crippen MR) is 103 cm³/mol. The first-order valence-electron chi connectivity index (χ1n) is 8.61. The van der Waals surface area contributed by atoms with Gasteiger partial charge in [0.2, 0.25) is 0 Å². The SMILES string of the molecule is Cc1ccc(-c2csc3ncnc(NNC(=O)C4CCCO4)c23)cc1C. The van der Waals surface area contributed by atoms with Gasteiger partial charge < -0.3 is 4.74 Å². The van der Waals surface area contributed by atoms with Crippen LogP contribution < -0.4 is 10.9 Å². The van der Waals surface area contributed by atoms with E-state index in [0.29, 0.717) is 12.4 Å². The molecular formula is C19H20N4O2S. The fourth-order valence-electron chi connectivity index (χ4n) is 3.08. The lowest BCUT2D eigenvalue weighted by Crippen LogP contribution is -2.38. The first kappa shape index (κ1) is 16.9. The third-order valence-corrected chi connectivity index (χ3v) is 5.60. The summed E-state index contributed by atoms with van der Waals surface area (Å²) in [5, 5.41) is 2.99. The number of anilines is 1. The number of fused-ring (bicyclic) bond motifs is 1. The van der Waals surface area contributed by atoms with Crippen LogP contribution in [0.25, 0.3) is 21.3 Å². The van der Waals surface area contributed by atoms with Crippen molar-refractivity contribution in [2.75, 3.05) is 12.0 Å². The van der Waals surface area contributed by atoms with E-state index in [0.717, 1.165) is 34.2 Å². The van der Waals surface area contributed by atoms with Crippen LogP contribution in [0.2, 0.25) is 0 Å². The Bertz CT molecular complexity index is 963. The first-order chi connectivity index (χ1) is 12.6. The van der Waals surface area contributed by atoms with Crippen molar-refractivity contribution in [2.24, 2.45) is 0 Å². The van der Waals surface area contributed by atoms with Crippen LogP contribution in [0.4, 0.5) is 5.82 Å². The Kier molecular flexibility index (Phi) is 4.57. The van der Waals surface area contributed by atoms with E-state index in [-0.39, 0.29) is 12.0 Å². The van der Waals surface area contributed by atoms with Crippen molar-refractivity contribution in [1.29, 1.82) is 0 Å². The van der Waals surface area contributed by atoms with E-state index in [9.17, 15) is 4.79 Å². The minimum absolute atomic E-state index is 0.169. The number of carbonyl (C=O) groups is 1. The number of aromatic nitrogens is 2. The maximum absolute atomic E-state index is 12.2. The Morgan fingerprint density at radius 3 is 2.92 bits per heavy atom. The van der Waals surface area contributed by atoms with Gasteiger partial charge in [-0.3, -0.25) is 15.6 Å². The molecule has 2 aromatic heterocycles. The van der Waals surface area contributed by atoms with Crippen LogP contribution in [0, 0.1) is 13.8 Å². The standard InChI is InChI=1S/C19H20N4O2S/c1-11-5-6-13(8-12(11)2)14-9-26-19-16(14)17(20-10-21-19)22-23-18(24)15-4-3-7-25-15/h5-6,8-10,15H,3-4,7H2,1-2H3,(H,23,24)(H,20,21,22). The van der Waals surface area contributed by atoms with Crippen molar-refractivity contribution in [3.8, 4) is 11.1 Å². The van der Waals surface area contributed by atoms with Gasteiger partial charge in [-0.2, -0.15) is 0 Å². The Morgan fingerprint density at radius 1 is 1.27 bits per heavy atom. The number of amides is 1. The highest BCUT2D eigenvalue weighted by molar-refractivity contribution is 7.17. The molecule has 1 amide bonds. The van der Waals surface area contributed by atoms with Crippen molar-refractivity contribution in [1.82, 2.24) is 15.4 Å². The van der Waals surface area contributed by atoms with Gasteiger partial charge in [0, 0.05) is 17.6 Å². The third kappa shape index (κ3) is 3.15. The minimum Gasteiger partial charge on any atom is -0.368 e. The number of benzene rings is 1. The summed E-state index contributed by atoms with van der Waals surface area (Å²) in [6.07, 6.45) is 2.78. The van der Waals surface area contributed by atoms with Gasteiger partial charge in [0.05, 0.1) is 5.39 Å². The molecule has 6 nitrogen and oxygen atoms in total. The van der Waals surface area contributed by atoms with Crippen LogP contribution in [0.3, 0.4) is 0 Å². The zero-order chi connectivity index (χ0) is 18.1. The van der Waals surface area contributed by atoms with E-state index < -0.39 is 0 Å². The molecule has 0 radical (unpaired) electrons. The van der Waals surface area contributed by atoms with E-state index in [1.165, 1.54) is 17.5 Å². The number of hydrazine groups is 1. The Balaban J connectivity index is 1.65. The Morgan fingerprint density at radius 2 is 2.15 bits per heavy atom. The molecule has 3 heterocycles. The number of carbonyl (C=O) groups excluding carboxylic acids is 1. The highest BCUT2D eigenvalue weighted by Gasteiger charge is 2.23. The molecule has 0 saturated carbocycles. The molecule has 1 atom stereocenters. The summed E-state index contributed by atoms with van der Waals surface area (Å²) in [5.74, 6) is 0.424. The molecular weight excluding hydrogens is 348 g/mol. The van der Waals surface area contributed by atoms with E-state index in [4.69, 9.17) is 4.74 Å². The highest BCUT2D eigenvalue weighted by Crippen LogP contribution is 2.36. The first-order valence-corrected chi connectivity index (χ1v) is 9.49. The minimum atomic E-state index is -0.387. The largest absolute Gasteiger partial charge is 0.368 e. The quantitative estimate of drug-likeness (QED) is 0.688. The zero-order valence-corrected chi connectivity index (χ0v) is 15.5. The molecule has 1 aliphatic heterocycles. The normalized spacial score (nSPS) is 16.8. The van der Waals surface area contributed by atoms with Gasteiger partial charge in [0.15, 0.2) is 5.82 Å². The summed E-state index contributed by atoms with van der Waals surface area (Å²) < 4.78 is 5.41. The fraction of sp³-hybridized carbons (Fsp3) is 0.316.